The normalized spacial score (nSPS) is 17.3. The Morgan fingerprint density at radius 2 is 1.67 bits per heavy atom. The quantitative estimate of drug-likeness (QED) is 0.317. The van der Waals surface area contributed by atoms with Crippen LogP contribution < -0.4 is 9.47 Å². The Balaban J connectivity index is 1.81. The Kier molecular flexibility index (Phi) is 6.38. The van der Waals surface area contributed by atoms with Crippen molar-refractivity contribution < 1.29 is 24.2 Å². The molecule has 1 unspecified atom stereocenters. The molecule has 7 heteroatoms. The van der Waals surface area contributed by atoms with E-state index in [0.717, 1.165) is 5.56 Å². The largest absolute Gasteiger partial charge is 0.507 e. The number of ketones is 1. The number of rotatable bonds is 6. The molecule has 1 aliphatic rings. The topological polar surface area (TPSA) is 76.1 Å². The maximum absolute atomic E-state index is 13.1. The first-order valence-corrected chi connectivity index (χ1v) is 10.6. The number of likely N-dealkylation sites (tertiary alicyclic amines) is 1. The molecule has 1 saturated heterocycles. The second kappa shape index (κ2) is 9.38. The molecule has 1 N–H and O–H groups in total. The first-order valence-electron chi connectivity index (χ1n) is 10.2. The van der Waals surface area contributed by atoms with Crippen LogP contribution in [-0.4, -0.2) is 35.9 Å². The first-order chi connectivity index (χ1) is 15.9. The molecule has 6 nitrogen and oxygen atoms in total. The number of hydrogen-bond donors (Lipinski definition) is 1. The van der Waals surface area contributed by atoms with E-state index in [0.29, 0.717) is 22.6 Å². The van der Waals surface area contributed by atoms with Crippen LogP contribution >= 0.6 is 11.6 Å². The average Bonchev–Trinajstić information content (AvgIpc) is 3.09. The van der Waals surface area contributed by atoms with E-state index < -0.39 is 17.7 Å². The summed E-state index contributed by atoms with van der Waals surface area (Å²) in [4.78, 5) is 27.7. The minimum Gasteiger partial charge on any atom is -0.507 e. The molecule has 0 aliphatic carbocycles. The lowest BCUT2D eigenvalue weighted by Gasteiger charge is -2.25. The Labute approximate surface area is 196 Å². The minimum absolute atomic E-state index is 0.0148. The van der Waals surface area contributed by atoms with E-state index in [2.05, 4.69) is 0 Å². The maximum atomic E-state index is 13.1. The number of aliphatic hydroxyl groups is 1. The SMILES string of the molecule is COc1ccc(CN2C(=O)C(=O)/C(=C(\O)c3ccc(OC)c(Cl)c3)C2c2ccccc2)cc1. The summed E-state index contributed by atoms with van der Waals surface area (Å²) in [6, 6.07) is 20.4. The zero-order chi connectivity index (χ0) is 23.5. The van der Waals surface area contributed by atoms with E-state index in [4.69, 9.17) is 21.1 Å². The average molecular weight is 464 g/mol. The number of amides is 1. The number of carbonyl (C=O) groups is 2. The molecule has 0 aromatic heterocycles. The number of aliphatic hydroxyl groups excluding tert-OH is 1. The van der Waals surface area contributed by atoms with Gasteiger partial charge in [-0.05, 0) is 41.5 Å². The van der Waals surface area contributed by atoms with Gasteiger partial charge < -0.3 is 19.5 Å². The summed E-state index contributed by atoms with van der Waals surface area (Å²) in [5.41, 5.74) is 1.88. The molecule has 4 rings (SSSR count). The van der Waals surface area contributed by atoms with Crippen LogP contribution in [0.1, 0.15) is 22.7 Å². The van der Waals surface area contributed by atoms with Gasteiger partial charge in [0.25, 0.3) is 11.7 Å². The molecule has 0 spiro atoms. The summed E-state index contributed by atoms with van der Waals surface area (Å²) in [5, 5.41) is 11.4. The van der Waals surface area contributed by atoms with Crippen LogP contribution in [0.25, 0.3) is 5.76 Å². The van der Waals surface area contributed by atoms with Crippen molar-refractivity contribution in [1.82, 2.24) is 4.90 Å². The van der Waals surface area contributed by atoms with Crippen molar-refractivity contribution in [1.29, 1.82) is 0 Å². The lowest BCUT2D eigenvalue weighted by Crippen LogP contribution is -2.29. The molecule has 1 heterocycles. The third-order valence-corrected chi connectivity index (χ3v) is 5.89. The Hall–Kier alpha value is -3.77. The zero-order valence-electron chi connectivity index (χ0n) is 18.1. The van der Waals surface area contributed by atoms with Crippen molar-refractivity contribution in [2.24, 2.45) is 0 Å². The fourth-order valence-corrected chi connectivity index (χ4v) is 4.18. The van der Waals surface area contributed by atoms with Crippen molar-refractivity contribution in [2.45, 2.75) is 12.6 Å². The monoisotopic (exact) mass is 463 g/mol. The van der Waals surface area contributed by atoms with Crippen LogP contribution in [0.5, 0.6) is 11.5 Å². The molecule has 33 heavy (non-hydrogen) atoms. The van der Waals surface area contributed by atoms with Gasteiger partial charge >= 0.3 is 0 Å². The predicted molar refractivity (Wildman–Crippen MR) is 125 cm³/mol. The highest BCUT2D eigenvalue weighted by Crippen LogP contribution is 2.41. The van der Waals surface area contributed by atoms with Gasteiger partial charge in [0, 0.05) is 12.1 Å². The number of methoxy groups -OCH3 is 2. The molecule has 3 aromatic rings. The number of halogens is 1. The molecule has 1 amide bonds. The maximum Gasteiger partial charge on any atom is 0.295 e. The lowest BCUT2D eigenvalue weighted by molar-refractivity contribution is -0.140. The zero-order valence-corrected chi connectivity index (χ0v) is 18.9. The summed E-state index contributed by atoms with van der Waals surface area (Å²) in [5.74, 6) is -0.587. The van der Waals surface area contributed by atoms with E-state index in [-0.39, 0.29) is 22.9 Å². The lowest BCUT2D eigenvalue weighted by atomic mass is 9.95. The Bertz CT molecular complexity index is 1220. The predicted octanol–water partition coefficient (Wildman–Crippen LogP) is 4.98. The van der Waals surface area contributed by atoms with Gasteiger partial charge in [-0.25, -0.2) is 0 Å². The number of hydrogen-bond acceptors (Lipinski definition) is 5. The van der Waals surface area contributed by atoms with Crippen molar-refractivity contribution >= 4 is 29.1 Å². The first kappa shape index (κ1) is 22.4. The second-order valence-corrected chi connectivity index (χ2v) is 7.94. The second-order valence-electron chi connectivity index (χ2n) is 7.54. The molecule has 0 radical (unpaired) electrons. The number of nitrogens with zero attached hydrogens (tertiary/aromatic N) is 1. The van der Waals surface area contributed by atoms with Gasteiger partial charge in [-0.3, -0.25) is 9.59 Å². The van der Waals surface area contributed by atoms with Gasteiger partial charge in [0.05, 0.1) is 30.9 Å². The van der Waals surface area contributed by atoms with E-state index in [1.165, 1.54) is 18.1 Å². The van der Waals surface area contributed by atoms with E-state index in [1.807, 2.05) is 42.5 Å². The van der Waals surface area contributed by atoms with Gasteiger partial charge in [-0.1, -0.05) is 54.1 Å². The number of Topliss-reactive ketones (excluding diaryl/α,β-unsaturated/α-hetero) is 1. The van der Waals surface area contributed by atoms with Crippen LogP contribution in [-0.2, 0) is 16.1 Å². The Morgan fingerprint density at radius 3 is 2.27 bits per heavy atom. The Morgan fingerprint density at radius 1 is 0.970 bits per heavy atom. The molecular formula is C26H22ClNO5. The summed E-state index contributed by atoms with van der Waals surface area (Å²) in [6.07, 6.45) is 0. The van der Waals surface area contributed by atoms with Gasteiger partial charge in [0.2, 0.25) is 0 Å². The molecule has 3 aromatic carbocycles. The van der Waals surface area contributed by atoms with Crippen LogP contribution in [0, 0.1) is 0 Å². The van der Waals surface area contributed by atoms with Gasteiger partial charge in [-0.15, -0.1) is 0 Å². The molecule has 1 aliphatic heterocycles. The van der Waals surface area contributed by atoms with Crippen LogP contribution in [0.4, 0.5) is 0 Å². The number of benzene rings is 3. The highest BCUT2D eigenvalue weighted by Gasteiger charge is 2.46. The van der Waals surface area contributed by atoms with Crippen molar-refractivity contribution in [3.63, 3.8) is 0 Å². The van der Waals surface area contributed by atoms with Gasteiger partial charge in [0.15, 0.2) is 0 Å². The summed E-state index contributed by atoms with van der Waals surface area (Å²) in [6.45, 7) is 0.189. The molecule has 1 atom stereocenters. The summed E-state index contributed by atoms with van der Waals surface area (Å²) in [7, 11) is 3.06. The van der Waals surface area contributed by atoms with E-state index >= 15 is 0 Å². The van der Waals surface area contributed by atoms with Gasteiger partial charge in [0.1, 0.15) is 17.3 Å². The molecule has 0 saturated carbocycles. The number of carbonyl (C=O) groups excluding carboxylic acids is 2. The highest BCUT2D eigenvalue weighted by molar-refractivity contribution is 6.46. The number of ether oxygens (including phenoxy) is 2. The third kappa shape index (κ3) is 4.30. The fraction of sp³-hybridized carbons (Fsp3) is 0.154. The van der Waals surface area contributed by atoms with Gasteiger partial charge in [-0.2, -0.15) is 0 Å². The highest BCUT2D eigenvalue weighted by atomic mass is 35.5. The van der Waals surface area contributed by atoms with Crippen molar-refractivity contribution in [3.8, 4) is 11.5 Å². The fourth-order valence-electron chi connectivity index (χ4n) is 3.92. The van der Waals surface area contributed by atoms with Crippen LogP contribution in [0.2, 0.25) is 5.02 Å². The van der Waals surface area contributed by atoms with Crippen molar-refractivity contribution in [2.75, 3.05) is 14.2 Å². The molecule has 0 bridgehead atoms. The molecule has 1 fully saturated rings. The standard InChI is InChI=1S/C26H22ClNO5/c1-32-19-11-8-16(9-12-19)15-28-23(17-6-4-3-5-7-17)22(25(30)26(28)31)24(29)18-10-13-21(33-2)20(27)14-18/h3-14,23,29H,15H2,1-2H3/b24-22-. The summed E-state index contributed by atoms with van der Waals surface area (Å²) < 4.78 is 10.4. The summed E-state index contributed by atoms with van der Waals surface area (Å²) >= 11 is 6.23. The smallest absolute Gasteiger partial charge is 0.295 e. The van der Waals surface area contributed by atoms with Crippen molar-refractivity contribution in [3.05, 3.63) is 100 Å². The van der Waals surface area contributed by atoms with Crippen LogP contribution in [0.15, 0.2) is 78.4 Å². The molecule has 168 valence electrons. The minimum atomic E-state index is -0.755. The van der Waals surface area contributed by atoms with Crippen LogP contribution in [0.3, 0.4) is 0 Å². The third-order valence-electron chi connectivity index (χ3n) is 5.59. The molecular weight excluding hydrogens is 442 g/mol. The van der Waals surface area contributed by atoms with E-state index in [9.17, 15) is 14.7 Å². The van der Waals surface area contributed by atoms with E-state index in [1.54, 1.807) is 31.4 Å².